The molecule has 2 nitrogen and oxygen atoms in total. The van der Waals surface area contributed by atoms with E-state index >= 15 is 0 Å². The van der Waals surface area contributed by atoms with Gasteiger partial charge >= 0.3 is 0 Å². The van der Waals surface area contributed by atoms with Gasteiger partial charge in [0.1, 0.15) is 0 Å². The topological polar surface area (TPSA) is 46.2 Å². The van der Waals surface area contributed by atoms with E-state index in [1.807, 2.05) is 0 Å². The molecule has 0 radical (unpaired) electrons. The van der Waals surface area contributed by atoms with Crippen molar-refractivity contribution in [1.82, 2.24) is 0 Å². The number of fused-ring (bicyclic) bond motifs is 4. The fourth-order valence-corrected chi connectivity index (χ4v) is 8.59. The quantitative estimate of drug-likeness (QED) is 0.519. The fourth-order valence-electron chi connectivity index (χ4n) is 8.59. The molecule has 166 valence electrons. The highest BCUT2D eigenvalue weighted by atomic mass is 16.3. The van der Waals surface area contributed by atoms with Crippen LogP contribution in [0.3, 0.4) is 0 Å². The summed E-state index contributed by atoms with van der Waals surface area (Å²) in [6.07, 6.45) is 13.7. The lowest BCUT2D eigenvalue weighted by Crippen LogP contribution is -2.49. The van der Waals surface area contributed by atoms with Crippen molar-refractivity contribution in [1.29, 1.82) is 0 Å². The summed E-state index contributed by atoms with van der Waals surface area (Å²) in [4.78, 5) is 0. The predicted octanol–water partition coefficient (Wildman–Crippen LogP) is 6.47. The van der Waals surface area contributed by atoms with Crippen LogP contribution >= 0.6 is 0 Å². The summed E-state index contributed by atoms with van der Waals surface area (Å²) in [6.45, 7) is 12.4. The highest BCUT2D eigenvalue weighted by Crippen LogP contribution is 2.65. The lowest BCUT2D eigenvalue weighted by Gasteiger charge is -2.57. The van der Waals surface area contributed by atoms with Crippen molar-refractivity contribution in [2.75, 3.05) is 0 Å². The Morgan fingerprint density at radius 3 is 2.52 bits per heavy atom. The van der Waals surface area contributed by atoms with E-state index in [1.165, 1.54) is 57.8 Å². The number of nitrogens with two attached hydrogens (primary N) is 1. The summed E-state index contributed by atoms with van der Waals surface area (Å²) in [6, 6.07) is 0.296. The predicted molar refractivity (Wildman–Crippen MR) is 122 cm³/mol. The van der Waals surface area contributed by atoms with Gasteiger partial charge in [-0.05, 0) is 97.4 Å². The molecule has 4 aliphatic carbocycles. The molecule has 0 saturated heterocycles. The van der Waals surface area contributed by atoms with Gasteiger partial charge in [-0.25, -0.2) is 0 Å². The van der Waals surface area contributed by atoms with Gasteiger partial charge in [-0.2, -0.15) is 0 Å². The highest BCUT2D eigenvalue weighted by molar-refractivity contribution is 5.38. The third-order valence-corrected chi connectivity index (χ3v) is 10.2. The van der Waals surface area contributed by atoms with Crippen molar-refractivity contribution >= 4 is 0 Å². The van der Waals surface area contributed by atoms with Crippen LogP contribution in [0.5, 0.6) is 0 Å². The average molecular weight is 402 g/mol. The molecule has 29 heavy (non-hydrogen) atoms. The van der Waals surface area contributed by atoms with E-state index < -0.39 is 0 Å². The Balaban J connectivity index is 1.58. The van der Waals surface area contributed by atoms with Gasteiger partial charge in [-0.1, -0.05) is 59.5 Å². The van der Waals surface area contributed by atoms with Crippen LogP contribution in [-0.2, 0) is 0 Å². The summed E-state index contributed by atoms with van der Waals surface area (Å²) in [5, 5.41) is 10.3. The van der Waals surface area contributed by atoms with Gasteiger partial charge in [0, 0.05) is 6.04 Å². The normalized spacial score (nSPS) is 45.7. The number of aliphatic hydroxyl groups excluding tert-OH is 1. The zero-order valence-electron chi connectivity index (χ0n) is 19.8. The summed E-state index contributed by atoms with van der Waals surface area (Å²) in [7, 11) is 0. The molecule has 8 atom stereocenters. The van der Waals surface area contributed by atoms with Crippen molar-refractivity contribution in [3.63, 3.8) is 0 Å². The monoisotopic (exact) mass is 401 g/mol. The molecule has 4 rings (SSSR count). The maximum absolute atomic E-state index is 10.3. The highest BCUT2D eigenvalue weighted by Gasteiger charge is 2.57. The number of hydrogen-bond acceptors (Lipinski definition) is 2. The zero-order chi connectivity index (χ0) is 21.0. The molecule has 0 amide bonds. The molecular formula is C27H47NO. The van der Waals surface area contributed by atoms with E-state index in [0.29, 0.717) is 22.8 Å². The Kier molecular flexibility index (Phi) is 6.01. The van der Waals surface area contributed by atoms with E-state index in [1.54, 1.807) is 11.1 Å². The van der Waals surface area contributed by atoms with Crippen LogP contribution in [0, 0.1) is 40.4 Å². The van der Waals surface area contributed by atoms with Gasteiger partial charge in [-0.15, -0.1) is 0 Å². The lowest BCUT2D eigenvalue weighted by molar-refractivity contribution is -0.0382. The summed E-state index contributed by atoms with van der Waals surface area (Å²) in [5.74, 6) is 3.83. The maximum Gasteiger partial charge on any atom is 0.0543 e. The van der Waals surface area contributed by atoms with Crippen LogP contribution in [0.25, 0.3) is 0 Å². The first-order chi connectivity index (χ1) is 13.7. The van der Waals surface area contributed by atoms with Crippen molar-refractivity contribution in [3.05, 3.63) is 11.1 Å². The first kappa shape index (κ1) is 21.9. The van der Waals surface area contributed by atoms with Gasteiger partial charge in [0.15, 0.2) is 0 Å². The Morgan fingerprint density at radius 2 is 1.79 bits per heavy atom. The molecule has 0 spiro atoms. The Bertz CT molecular complexity index is 638. The Labute approximate surface area is 180 Å². The van der Waals surface area contributed by atoms with Crippen LogP contribution in [0.2, 0.25) is 0 Å². The minimum atomic E-state index is -0.0547. The second kappa shape index (κ2) is 7.97. The van der Waals surface area contributed by atoms with Gasteiger partial charge in [0.05, 0.1) is 6.10 Å². The van der Waals surface area contributed by atoms with Gasteiger partial charge in [0.25, 0.3) is 0 Å². The fraction of sp³-hybridized carbons (Fsp3) is 0.926. The van der Waals surface area contributed by atoms with Crippen LogP contribution in [0.1, 0.15) is 105 Å². The molecule has 0 aromatic rings. The molecule has 0 bridgehead atoms. The van der Waals surface area contributed by atoms with E-state index in [-0.39, 0.29) is 6.10 Å². The van der Waals surface area contributed by atoms with E-state index in [0.717, 1.165) is 36.5 Å². The number of aliphatic hydroxyl groups is 1. The molecule has 8 unspecified atom stereocenters. The van der Waals surface area contributed by atoms with Crippen molar-refractivity contribution in [3.8, 4) is 0 Å². The lowest BCUT2D eigenvalue weighted by atomic mass is 9.48. The molecule has 0 aromatic heterocycles. The standard InChI is InChI=1S/C27H47NO/c1-17(2)7-6-8-18(3)23-16-24(28)25-21-10-9-19-15-20(29)11-13-26(19,4)22(21)12-14-27(23,25)5/h17-20,22-24,29H,6-16,28H2,1-5H3. The van der Waals surface area contributed by atoms with Crippen molar-refractivity contribution in [2.45, 2.75) is 117 Å². The number of allylic oxidation sites excluding steroid dienone is 1. The summed E-state index contributed by atoms with van der Waals surface area (Å²) < 4.78 is 0. The zero-order valence-corrected chi connectivity index (χ0v) is 19.8. The van der Waals surface area contributed by atoms with Crippen LogP contribution in [0.4, 0.5) is 0 Å². The second-order valence-electron chi connectivity index (χ2n) is 12.4. The molecule has 3 N–H and O–H groups in total. The molecular weight excluding hydrogens is 354 g/mol. The Hall–Kier alpha value is -0.340. The van der Waals surface area contributed by atoms with Gasteiger partial charge in [0.2, 0.25) is 0 Å². The van der Waals surface area contributed by atoms with E-state index in [9.17, 15) is 5.11 Å². The van der Waals surface area contributed by atoms with E-state index in [2.05, 4.69) is 34.6 Å². The van der Waals surface area contributed by atoms with Crippen molar-refractivity contribution in [2.24, 2.45) is 46.2 Å². The summed E-state index contributed by atoms with van der Waals surface area (Å²) >= 11 is 0. The molecule has 0 heterocycles. The first-order valence-corrected chi connectivity index (χ1v) is 12.8. The number of rotatable bonds is 5. The van der Waals surface area contributed by atoms with Crippen LogP contribution in [-0.4, -0.2) is 17.3 Å². The summed E-state index contributed by atoms with van der Waals surface area (Å²) in [5.41, 5.74) is 11.2. The minimum Gasteiger partial charge on any atom is -0.393 e. The SMILES string of the molecule is CC(C)CCCC(C)C1CC(N)C2=C3CCC4CC(O)CCC4(C)C3CCC21C. The molecule has 0 aliphatic heterocycles. The average Bonchev–Trinajstić information content (AvgIpc) is 2.93. The smallest absolute Gasteiger partial charge is 0.0543 e. The first-order valence-electron chi connectivity index (χ1n) is 12.8. The van der Waals surface area contributed by atoms with Crippen LogP contribution < -0.4 is 5.73 Å². The molecule has 4 aliphatic rings. The largest absolute Gasteiger partial charge is 0.393 e. The van der Waals surface area contributed by atoms with Crippen molar-refractivity contribution < 1.29 is 5.11 Å². The molecule has 3 saturated carbocycles. The molecule has 3 fully saturated rings. The maximum atomic E-state index is 10.3. The Morgan fingerprint density at radius 1 is 1.03 bits per heavy atom. The molecule has 2 heteroatoms. The third kappa shape index (κ3) is 3.65. The van der Waals surface area contributed by atoms with E-state index in [4.69, 9.17) is 5.73 Å². The third-order valence-electron chi connectivity index (χ3n) is 10.2. The van der Waals surface area contributed by atoms with Gasteiger partial charge < -0.3 is 10.8 Å². The number of hydrogen-bond donors (Lipinski definition) is 2. The van der Waals surface area contributed by atoms with Gasteiger partial charge in [-0.3, -0.25) is 0 Å². The minimum absolute atomic E-state index is 0.0547. The van der Waals surface area contributed by atoms with Crippen LogP contribution in [0.15, 0.2) is 11.1 Å². The molecule has 0 aromatic carbocycles. The second-order valence-corrected chi connectivity index (χ2v) is 12.4.